The fourth-order valence-corrected chi connectivity index (χ4v) is 6.45. The predicted molar refractivity (Wildman–Crippen MR) is 122 cm³/mol. The topological polar surface area (TPSA) is 172 Å². The molecule has 0 aromatic carbocycles. The standard InChI is InChI=1S/C16H14Cl2N8O4S3.Na/c1-25-16(22-23-24-25)33-3-5-2-31-13-8(12(28)26(13)9(5)14(29)30)21-11(27)7(10(17)18)6-4-32-15(19)20-6;/h4,8,13H,2-3H2,1H3,(H2,19,20)(H,21,27)(H,29,30);/q;+1/p-1/t8?,13-;/m0./s1. The number of nitrogens with zero attached hydrogens (tertiary/aromatic N) is 6. The molecule has 12 nitrogen and oxygen atoms in total. The molecule has 0 bridgehead atoms. The van der Waals surface area contributed by atoms with Gasteiger partial charge in [0.15, 0.2) is 5.13 Å². The predicted octanol–water partition coefficient (Wildman–Crippen LogP) is -3.40. The molecule has 2 aromatic rings. The molecule has 0 aliphatic carbocycles. The molecule has 0 radical (unpaired) electrons. The number of thioether (sulfide) groups is 2. The minimum atomic E-state index is -1.48. The van der Waals surface area contributed by atoms with E-state index in [0.717, 1.165) is 16.2 Å². The van der Waals surface area contributed by atoms with Crippen LogP contribution in [0.25, 0.3) is 5.57 Å². The van der Waals surface area contributed by atoms with Gasteiger partial charge in [0.1, 0.15) is 15.9 Å². The van der Waals surface area contributed by atoms with E-state index in [1.54, 1.807) is 7.05 Å². The van der Waals surface area contributed by atoms with Crippen molar-refractivity contribution >= 4 is 86.6 Å². The molecule has 174 valence electrons. The van der Waals surface area contributed by atoms with Crippen molar-refractivity contribution in [1.29, 1.82) is 0 Å². The zero-order chi connectivity index (χ0) is 23.9. The van der Waals surface area contributed by atoms with Crippen LogP contribution < -0.4 is 45.7 Å². The maximum atomic E-state index is 12.8. The molecule has 0 saturated carbocycles. The molecule has 4 rings (SSSR count). The molecular weight excluding hydrogens is 558 g/mol. The largest absolute Gasteiger partial charge is 1.00 e. The number of anilines is 1. The third-order valence-corrected chi connectivity index (χ3v) is 8.17. The number of rotatable bonds is 7. The molecule has 1 unspecified atom stereocenters. The second kappa shape index (κ2) is 11.2. The monoisotopic (exact) mass is 570 g/mol. The van der Waals surface area contributed by atoms with Crippen LogP contribution in [0.3, 0.4) is 0 Å². The van der Waals surface area contributed by atoms with E-state index in [4.69, 9.17) is 28.9 Å². The molecule has 0 spiro atoms. The Morgan fingerprint density at radius 3 is 2.71 bits per heavy atom. The quantitative estimate of drug-likeness (QED) is 0.147. The number of aromatic nitrogens is 5. The van der Waals surface area contributed by atoms with Gasteiger partial charge >= 0.3 is 29.6 Å². The maximum absolute atomic E-state index is 12.8. The fraction of sp³-hybridized carbons (Fsp3) is 0.312. The Morgan fingerprint density at radius 1 is 1.41 bits per heavy atom. The number of nitrogens with one attached hydrogen (secondary N) is 1. The van der Waals surface area contributed by atoms with E-state index in [2.05, 4.69) is 25.8 Å². The van der Waals surface area contributed by atoms with Crippen LogP contribution in [0.2, 0.25) is 0 Å². The summed E-state index contributed by atoms with van der Waals surface area (Å²) in [6.45, 7) is 0. The maximum Gasteiger partial charge on any atom is 1.00 e. The average Bonchev–Trinajstić information content (AvgIpc) is 3.37. The summed E-state index contributed by atoms with van der Waals surface area (Å²) in [6.07, 6.45) is 0. The first kappa shape index (κ1) is 27.3. The van der Waals surface area contributed by atoms with Crippen molar-refractivity contribution in [2.24, 2.45) is 7.05 Å². The summed E-state index contributed by atoms with van der Waals surface area (Å²) in [6, 6.07) is -0.979. The number of carboxylic acid groups (broad SMARTS) is 1. The minimum Gasteiger partial charge on any atom is -0.543 e. The van der Waals surface area contributed by atoms with Crippen molar-refractivity contribution in [3.8, 4) is 0 Å². The Hall–Kier alpha value is -1.33. The van der Waals surface area contributed by atoms with Crippen molar-refractivity contribution in [2.75, 3.05) is 17.2 Å². The van der Waals surface area contributed by atoms with Gasteiger partial charge in [-0.15, -0.1) is 28.2 Å². The average molecular weight is 571 g/mol. The fourth-order valence-electron chi connectivity index (χ4n) is 3.19. The number of β-lactam (4-membered cyclic amide) rings is 1. The zero-order valence-corrected chi connectivity index (χ0v) is 23.5. The minimum absolute atomic E-state index is 0. The summed E-state index contributed by atoms with van der Waals surface area (Å²) in [7, 11) is 1.66. The summed E-state index contributed by atoms with van der Waals surface area (Å²) >= 11 is 15.4. The molecule has 2 atom stereocenters. The second-order valence-corrected chi connectivity index (χ2v) is 10.6. The molecule has 1 fully saturated rings. The van der Waals surface area contributed by atoms with Crippen LogP contribution in [0.5, 0.6) is 0 Å². The number of nitrogen functional groups attached to an aromatic ring is 1. The third-order valence-electron chi connectivity index (χ3n) is 4.68. The SMILES string of the molecule is Cn1nnnc1SCC1=C(C(=O)[O-])N2C(=O)C(NC(=O)C(=C(Cl)Cl)c3csc(N)n3)[C@@H]2SC1.[Na+]. The van der Waals surface area contributed by atoms with E-state index in [-0.39, 0.29) is 61.9 Å². The van der Waals surface area contributed by atoms with Gasteiger partial charge in [0, 0.05) is 23.9 Å². The molecule has 34 heavy (non-hydrogen) atoms. The molecule has 18 heteroatoms. The number of tetrazole rings is 1. The van der Waals surface area contributed by atoms with Crippen LogP contribution in [0.15, 0.2) is 26.3 Å². The van der Waals surface area contributed by atoms with Gasteiger partial charge in [-0.05, 0) is 16.0 Å². The number of carbonyl (C=O) groups is 3. The third kappa shape index (κ3) is 5.26. The zero-order valence-electron chi connectivity index (χ0n) is 17.5. The molecule has 4 heterocycles. The van der Waals surface area contributed by atoms with Crippen molar-refractivity contribution in [2.45, 2.75) is 16.6 Å². The summed E-state index contributed by atoms with van der Waals surface area (Å²) in [5.41, 5.74) is 5.92. The van der Waals surface area contributed by atoms with Gasteiger partial charge in [-0.25, -0.2) is 9.67 Å². The molecule has 2 amide bonds. The van der Waals surface area contributed by atoms with Gasteiger partial charge in [-0.3, -0.25) is 14.5 Å². The Balaban J connectivity index is 0.00000324. The molecule has 3 N–H and O–H groups in total. The number of aryl methyl sites for hydroxylation is 1. The summed E-state index contributed by atoms with van der Waals surface area (Å²) in [5.74, 6) is -2.24. The van der Waals surface area contributed by atoms with Gasteiger partial charge in [0.2, 0.25) is 5.16 Å². The number of thiazole rings is 1. The summed E-state index contributed by atoms with van der Waals surface area (Å²) in [5, 5.41) is 27.1. The molecule has 1 saturated heterocycles. The van der Waals surface area contributed by atoms with Crippen LogP contribution >= 0.6 is 58.1 Å². The summed E-state index contributed by atoms with van der Waals surface area (Å²) in [4.78, 5) is 42.6. The van der Waals surface area contributed by atoms with Crippen molar-refractivity contribution in [3.05, 3.63) is 26.8 Å². The van der Waals surface area contributed by atoms with Crippen molar-refractivity contribution in [3.63, 3.8) is 0 Å². The van der Waals surface area contributed by atoms with E-state index in [0.29, 0.717) is 16.5 Å². The number of hydrogen-bond acceptors (Lipinski definition) is 12. The number of nitrogens with two attached hydrogens (primary N) is 1. The van der Waals surface area contributed by atoms with Gasteiger partial charge in [0.25, 0.3) is 11.8 Å². The molecule has 2 aliphatic heterocycles. The molecular formula is C16H13Cl2N8NaO4S3. The first-order valence-corrected chi connectivity index (χ1v) is 12.7. The number of hydrogen-bond donors (Lipinski definition) is 2. The van der Waals surface area contributed by atoms with Gasteiger partial charge in [-0.2, -0.15) is 0 Å². The van der Waals surface area contributed by atoms with Gasteiger partial charge in [0.05, 0.1) is 22.9 Å². The number of carboxylic acids is 1. The van der Waals surface area contributed by atoms with Crippen LogP contribution in [0, 0.1) is 0 Å². The van der Waals surface area contributed by atoms with E-state index in [9.17, 15) is 19.5 Å². The summed E-state index contributed by atoms with van der Waals surface area (Å²) < 4.78 is 1.11. The number of carbonyl (C=O) groups excluding carboxylic acids is 3. The van der Waals surface area contributed by atoms with Crippen LogP contribution in [0.1, 0.15) is 5.69 Å². The van der Waals surface area contributed by atoms with Crippen LogP contribution in [-0.4, -0.2) is 70.8 Å². The smallest absolute Gasteiger partial charge is 0.543 e. The van der Waals surface area contributed by atoms with E-state index >= 15 is 0 Å². The van der Waals surface area contributed by atoms with Crippen LogP contribution in [0.4, 0.5) is 5.13 Å². The second-order valence-electron chi connectivity index (χ2n) is 6.68. The number of aliphatic carboxylic acids is 1. The number of amides is 2. The first-order chi connectivity index (χ1) is 15.7. The number of halogens is 2. The van der Waals surface area contributed by atoms with Gasteiger partial charge in [-0.1, -0.05) is 35.0 Å². The normalized spacial score (nSPS) is 19.1. The van der Waals surface area contributed by atoms with E-state index in [1.807, 2.05) is 0 Å². The number of fused-ring (bicyclic) bond motifs is 1. The Bertz CT molecular complexity index is 1210. The Labute approximate surface area is 237 Å². The van der Waals surface area contributed by atoms with Crippen molar-refractivity contribution in [1.82, 2.24) is 35.4 Å². The molecule has 2 aromatic heterocycles. The van der Waals surface area contributed by atoms with E-state index < -0.39 is 29.2 Å². The molecule has 2 aliphatic rings. The van der Waals surface area contributed by atoms with Crippen LogP contribution in [-0.2, 0) is 21.4 Å². The van der Waals surface area contributed by atoms with Crippen molar-refractivity contribution < 1.29 is 49.0 Å². The Kier molecular flexibility index (Phi) is 8.95. The van der Waals surface area contributed by atoms with Gasteiger partial charge < -0.3 is 21.0 Å². The van der Waals surface area contributed by atoms with E-state index in [1.165, 1.54) is 33.6 Å². The Morgan fingerprint density at radius 2 is 2.15 bits per heavy atom. The first-order valence-electron chi connectivity index (χ1n) is 8.99.